The van der Waals surface area contributed by atoms with Gasteiger partial charge in [0.05, 0.1) is 24.2 Å². The predicted molar refractivity (Wildman–Crippen MR) is 99.1 cm³/mol. The third kappa shape index (κ3) is 4.53. The molecule has 0 saturated carbocycles. The molecule has 7 heteroatoms. The molecule has 0 radical (unpaired) electrons. The number of carbonyl (C=O) groups is 4. The Labute approximate surface area is 159 Å². The zero-order valence-electron chi connectivity index (χ0n) is 16.2. The Kier molecular flexibility index (Phi) is 6.71. The first-order chi connectivity index (χ1) is 12.8. The first-order valence-electron chi connectivity index (χ1n) is 9.19. The number of nitrogens with zero attached hydrogens (tertiary/aromatic N) is 2. The fraction of sp³-hybridized carbons (Fsp3) is 0.500. The normalized spacial score (nSPS) is 14.3. The summed E-state index contributed by atoms with van der Waals surface area (Å²) >= 11 is 0. The Morgan fingerprint density at radius 1 is 1.07 bits per heavy atom. The second kappa shape index (κ2) is 8.79. The number of benzene rings is 1. The van der Waals surface area contributed by atoms with E-state index in [1.54, 1.807) is 38.1 Å². The zero-order chi connectivity index (χ0) is 20.1. The molecular weight excluding hydrogens is 348 g/mol. The Morgan fingerprint density at radius 2 is 1.63 bits per heavy atom. The molecule has 0 N–H and O–H groups in total. The SMILES string of the molecule is CCOC(=O)CCN(CC(C)C)C(=O)C(C)N1C(=O)c2ccccc2C1=O. The summed E-state index contributed by atoms with van der Waals surface area (Å²) < 4.78 is 4.92. The third-order valence-corrected chi connectivity index (χ3v) is 4.36. The van der Waals surface area contributed by atoms with E-state index in [0.717, 1.165) is 4.90 Å². The molecule has 0 saturated heterocycles. The maximum Gasteiger partial charge on any atom is 0.307 e. The van der Waals surface area contributed by atoms with Gasteiger partial charge in [0.25, 0.3) is 11.8 Å². The smallest absolute Gasteiger partial charge is 0.307 e. The summed E-state index contributed by atoms with van der Waals surface area (Å²) in [5.74, 6) is -1.50. The van der Waals surface area contributed by atoms with Crippen LogP contribution in [0, 0.1) is 5.92 Å². The van der Waals surface area contributed by atoms with Crippen LogP contribution in [0.3, 0.4) is 0 Å². The number of carbonyl (C=O) groups excluding carboxylic acids is 4. The summed E-state index contributed by atoms with van der Waals surface area (Å²) in [5.41, 5.74) is 0.619. The average molecular weight is 374 g/mol. The Balaban J connectivity index is 2.16. The third-order valence-electron chi connectivity index (χ3n) is 4.36. The maximum atomic E-state index is 13.0. The van der Waals surface area contributed by atoms with Crippen molar-refractivity contribution in [1.29, 1.82) is 0 Å². The lowest BCUT2D eigenvalue weighted by molar-refractivity contribution is -0.144. The molecule has 0 bridgehead atoms. The van der Waals surface area contributed by atoms with Crippen molar-refractivity contribution in [1.82, 2.24) is 9.80 Å². The van der Waals surface area contributed by atoms with Crippen LogP contribution in [0.2, 0.25) is 0 Å². The lowest BCUT2D eigenvalue weighted by atomic mass is 10.1. The van der Waals surface area contributed by atoms with Gasteiger partial charge in [-0.15, -0.1) is 0 Å². The molecular formula is C20H26N2O5. The van der Waals surface area contributed by atoms with Gasteiger partial charge in [-0.05, 0) is 31.9 Å². The number of imide groups is 1. The van der Waals surface area contributed by atoms with Crippen LogP contribution in [0.4, 0.5) is 0 Å². The highest BCUT2D eigenvalue weighted by molar-refractivity contribution is 6.22. The van der Waals surface area contributed by atoms with Crippen molar-refractivity contribution in [3.8, 4) is 0 Å². The predicted octanol–water partition coefficient (Wildman–Crippen LogP) is 2.11. The minimum atomic E-state index is -0.946. The largest absolute Gasteiger partial charge is 0.466 e. The molecule has 27 heavy (non-hydrogen) atoms. The summed E-state index contributed by atoms with van der Waals surface area (Å²) in [6.45, 7) is 8.06. The molecule has 2 rings (SSSR count). The number of rotatable bonds is 8. The van der Waals surface area contributed by atoms with Crippen molar-refractivity contribution in [3.63, 3.8) is 0 Å². The number of amides is 3. The first kappa shape index (κ1) is 20.6. The van der Waals surface area contributed by atoms with Crippen molar-refractivity contribution in [3.05, 3.63) is 35.4 Å². The van der Waals surface area contributed by atoms with Gasteiger partial charge in [0.2, 0.25) is 5.91 Å². The van der Waals surface area contributed by atoms with Crippen LogP contribution >= 0.6 is 0 Å². The highest BCUT2D eigenvalue weighted by atomic mass is 16.5. The monoisotopic (exact) mass is 374 g/mol. The summed E-state index contributed by atoms with van der Waals surface area (Å²) in [6.07, 6.45) is 0.0706. The van der Waals surface area contributed by atoms with Crippen molar-refractivity contribution < 1.29 is 23.9 Å². The standard InChI is InChI=1S/C20H26N2O5/c1-5-27-17(23)10-11-21(12-13(2)3)18(24)14(4)22-19(25)15-8-6-7-9-16(15)20(22)26/h6-9,13-14H,5,10-12H2,1-4H3. The van der Waals surface area contributed by atoms with E-state index in [1.807, 2.05) is 13.8 Å². The molecule has 1 unspecified atom stereocenters. The van der Waals surface area contributed by atoms with Gasteiger partial charge in [-0.3, -0.25) is 24.1 Å². The Bertz CT molecular complexity index is 709. The van der Waals surface area contributed by atoms with Crippen LogP contribution in [0.5, 0.6) is 0 Å². The van der Waals surface area contributed by atoms with Gasteiger partial charge in [-0.25, -0.2) is 0 Å². The molecule has 7 nitrogen and oxygen atoms in total. The van der Waals surface area contributed by atoms with Gasteiger partial charge in [0.1, 0.15) is 6.04 Å². The van der Waals surface area contributed by atoms with Crippen molar-refractivity contribution in [2.45, 2.75) is 40.2 Å². The van der Waals surface area contributed by atoms with Crippen LogP contribution in [0.15, 0.2) is 24.3 Å². The highest BCUT2D eigenvalue weighted by Gasteiger charge is 2.41. The van der Waals surface area contributed by atoms with Crippen LogP contribution in [0.25, 0.3) is 0 Å². The topological polar surface area (TPSA) is 84.0 Å². The lowest BCUT2D eigenvalue weighted by Gasteiger charge is -2.30. The van der Waals surface area contributed by atoms with Gasteiger partial charge < -0.3 is 9.64 Å². The molecule has 1 atom stereocenters. The van der Waals surface area contributed by atoms with E-state index in [2.05, 4.69) is 0 Å². The summed E-state index contributed by atoms with van der Waals surface area (Å²) in [7, 11) is 0. The molecule has 1 aliphatic rings. The van der Waals surface area contributed by atoms with Crippen LogP contribution in [0.1, 0.15) is 54.8 Å². The van der Waals surface area contributed by atoms with E-state index in [9.17, 15) is 19.2 Å². The van der Waals surface area contributed by atoms with Crippen LogP contribution in [-0.2, 0) is 14.3 Å². The van der Waals surface area contributed by atoms with Crippen molar-refractivity contribution in [2.75, 3.05) is 19.7 Å². The Hall–Kier alpha value is -2.70. The van der Waals surface area contributed by atoms with Crippen molar-refractivity contribution >= 4 is 23.7 Å². The van der Waals surface area contributed by atoms with E-state index < -0.39 is 17.9 Å². The van der Waals surface area contributed by atoms with Gasteiger partial charge in [0, 0.05) is 13.1 Å². The zero-order valence-corrected chi connectivity index (χ0v) is 16.2. The molecule has 0 spiro atoms. The fourth-order valence-electron chi connectivity index (χ4n) is 3.13. The minimum absolute atomic E-state index is 0.0706. The Morgan fingerprint density at radius 3 is 2.11 bits per heavy atom. The van der Waals surface area contributed by atoms with Crippen LogP contribution < -0.4 is 0 Å². The van der Waals surface area contributed by atoms with Gasteiger partial charge in [-0.2, -0.15) is 0 Å². The minimum Gasteiger partial charge on any atom is -0.466 e. The molecule has 1 aromatic carbocycles. The molecule has 0 aliphatic carbocycles. The van der Waals surface area contributed by atoms with Gasteiger partial charge in [-0.1, -0.05) is 26.0 Å². The molecule has 0 aromatic heterocycles. The maximum absolute atomic E-state index is 13.0. The molecule has 3 amide bonds. The summed E-state index contributed by atoms with van der Waals surface area (Å²) in [6, 6.07) is 5.59. The first-order valence-corrected chi connectivity index (χ1v) is 9.19. The van der Waals surface area contributed by atoms with E-state index in [4.69, 9.17) is 4.74 Å². The lowest BCUT2D eigenvalue weighted by Crippen LogP contribution is -2.50. The average Bonchev–Trinajstić information content (AvgIpc) is 2.88. The fourth-order valence-corrected chi connectivity index (χ4v) is 3.13. The number of esters is 1. The number of fused-ring (bicyclic) bond motifs is 1. The highest BCUT2D eigenvalue weighted by Crippen LogP contribution is 2.25. The molecule has 1 aliphatic heterocycles. The number of hydrogen-bond donors (Lipinski definition) is 0. The van der Waals surface area contributed by atoms with Gasteiger partial charge in [0.15, 0.2) is 0 Å². The molecule has 146 valence electrons. The number of hydrogen-bond acceptors (Lipinski definition) is 5. The second-order valence-corrected chi connectivity index (χ2v) is 6.93. The summed E-state index contributed by atoms with van der Waals surface area (Å²) in [4.78, 5) is 52.4. The van der Waals surface area contributed by atoms with Gasteiger partial charge >= 0.3 is 5.97 Å². The molecule has 0 fully saturated rings. The van der Waals surface area contributed by atoms with Crippen LogP contribution in [-0.4, -0.2) is 59.2 Å². The molecule has 1 heterocycles. The van der Waals surface area contributed by atoms with E-state index >= 15 is 0 Å². The molecule has 1 aromatic rings. The second-order valence-electron chi connectivity index (χ2n) is 6.93. The van der Waals surface area contributed by atoms with E-state index in [-0.39, 0.29) is 37.4 Å². The van der Waals surface area contributed by atoms with E-state index in [1.165, 1.54) is 4.90 Å². The number of ether oxygens (including phenoxy) is 1. The quantitative estimate of drug-likeness (QED) is 0.514. The van der Waals surface area contributed by atoms with Crippen molar-refractivity contribution in [2.24, 2.45) is 5.92 Å². The van der Waals surface area contributed by atoms with E-state index in [0.29, 0.717) is 17.7 Å². The summed E-state index contributed by atoms with van der Waals surface area (Å²) in [5, 5.41) is 0.